The lowest BCUT2D eigenvalue weighted by Crippen LogP contribution is -2.01. The molecule has 0 bridgehead atoms. The lowest BCUT2D eigenvalue weighted by molar-refractivity contribution is 0.339. The minimum Gasteiger partial charge on any atom is -0.493 e. The molecule has 0 aliphatic rings. The van der Waals surface area contributed by atoms with Crippen LogP contribution in [0.1, 0.15) is 70.6 Å². The lowest BCUT2D eigenvalue weighted by atomic mass is 9.93. The summed E-state index contributed by atoms with van der Waals surface area (Å²) in [5, 5.41) is 0. The second-order valence-electron chi connectivity index (χ2n) is 6.54. The smallest absolute Gasteiger partial charge is 0.130 e. The lowest BCUT2D eigenvalue weighted by Gasteiger charge is -2.17. The van der Waals surface area contributed by atoms with E-state index in [1.54, 1.807) is 0 Å². The van der Waals surface area contributed by atoms with Gasteiger partial charge in [0.1, 0.15) is 5.75 Å². The van der Waals surface area contributed by atoms with Crippen molar-refractivity contribution in [2.45, 2.75) is 66.7 Å². The number of ether oxygens (including phenoxy) is 1. The fraction of sp³-hybridized carbons (Fsp3) is 0.458. The molecule has 2 aromatic rings. The summed E-state index contributed by atoms with van der Waals surface area (Å²) >= 11 is 0. The Hall–Kier alpha value is -2.09. The van der Waals surface area contributed by atoms with Crippen molar-refractivity contribution in [1.82, 2.24) is 4.98 Å². The van der Waals surface area contributed by atoms with Gasteiger partial charge in [-0.25, -0.2) is 0 Å². The number of hydrogen-bond donors (Lipinski definition) is 0. The third-order valence-electron chi connectivity index (χ3n) is 4.74. The second kappa shape index (κ2) is 10.2. The number of aromatic nitrogens is 1. The SMILES string of the molecule is CCC=C(CCC)c1cnc(-c2c(CC)cccc2CC)cc1OCC. The monoisotopic (exact) mass is 351 g/mol. The Kier molecular flexibility index (Phi) is 7.90. The van der Waals surface area contributed by atoms with E-state index in [0.717, 1.165) is 49.1 Å². The number of allylic oxidation sites excluding steroid dienone is 2. The molecule has 1 aromatic carbocycles. The largest absolute Gasteiger partial charge is 0.493 e. The molecule has 0 saturated carbocycles. The summed E-state index contributed by atoms with van der Waals surface area (Å²) in [6.45, 7) is 11.5. The zero-order valence-electron chi connectivity index (χ0n) is 17.1. The Bertz CT molecular complexity index is 724. The van der Waals surface area contributed by atoms with Crippen LogP contribution in [0.15, 0.2) is 36.5 Å². The highest BCUT2D eigenvalue weighted by molar-refractivity contribution is 5.75. The standard InChI is InChI=1S/C24H33NO/c1-6-12-20(13-7-2)21-17-25-22(16-23(21)26-10-5)24-18(8-3)14-11-15-19(24)9-4/h11-12,14-17H,6-10,13H2,1-5H3. The topological polar surface area (TPSA) is 22.1 Å². The molecular formula is C24H33NO. The van der Waals surface area contributed by atoms with Gasteiger partial charge in [0.25, 0.3) is 0 Å². The fourth-order valence-electron chi connectivity index (χ4n) is 3.52. The molecule has 26 heavy (non-hydrogen) atoms. The first-order valence-corrected chi connectivity index (χ1v) is 10.1. The summed E-state index contributed by atoms with van der Waals surface area (Å²) in [6, 6.07) is 8.72. The zero-order valence-corrected chi connectivity index (χ0v) is 17.1. The molecule has 2 heteroatoms. The molecule has 0 N–H and O–H groups in total. The van der Waals surface area contributed by atoms with Gasteiger partial charge in [-0.3, -0.25) is 4.98 Å². The highest BCUT2D eigenvalue weighted by Crippen LogP contribution is 2.35. The van der Waals surface area contributed by atoms with Crippen molar-refractivity contribution in [2.75, 3.05) is 6.61 Å². The van der Waals surface area contributed by atoms with Gasteiger partial charge in [0, 0.05) is 23.4 Å². The molecule has 0 radical (unpaired) electrons. The fourth-order valence-corrected chi connectivity index (χ4v) is 3.52. The third kappa shape index (κ3) is 4.55. The molecule has 0 atom stereocenters. The van der Waals surface area contributed by atoms with Crippen LogP contribution in [0.4, 0.5) is 0 Å². The average Bonchev–Trinajstić information content (AvgIpc) is 2.67. The molecule has 2 rings (SSSR count). The van der Waals surface area contributed by atoms with Gasteiger partial charge in [-0.05, 0) is 49.3 Å². The van der Waals surface area contributed by atoms with Crippen molar-refractivity contribution < 1.29 is 4.74 Å². The number of hydrogen-bond acceptors (Lipinski definition) is 2. The van der Waals surface area contributed by atoms with Crippen molar-refractivity contribution >= 4 is 5.57 Å². The first-order valence-electron chi connectivity index (χ1n) is 10.1. The first kappa shape index (κ1) is 20.2. The summed E-state index contributed by atoms with van der Waals surface area (Å²) in [5.41, 5.74) is 7.50. The van der Waals surface area contributed by atoms with Crippen molar-refractivity contribution in [3.05, 3.63) is 53.2 Å². The van der Waals surface area contributed by atoms with Gasteiger partial charge in [-0.2, -0.15) is 0 Å². The molecular weight excluding hydrogens is 318 g/mol. The maximum absolute atomic E-state index is 6.04. The highest BCUT2D eigenvalue weighted by Gasteiger charge is 2.15. The van der Waals surface area contributed by atoms with Crippen LogP contribution in [-0.4, -0.2) is 11.6 Å². The Balaban J connectivity index is 2.61. The Morgan fingerprint density at radius 3 is 2.27 bits per heavy atom. The van der Waals surface area contributed by atoms with Gasteiger partial charge < -0.3 is 4.74 Å². The quantitative estimate of drug-likeness (QED) is 0.492. The van der Waals surface area contributed by atoms with Crippen LogP contribution in [0.5, 0.6) is 5.75 Å². The van der Waals surface area contributed by atoms with Gasteiger partial charge in [-0.15, -0.1) is 0 Å². The van der Waals surface area contributed by atoms with E-state index in [1.807, 2.05) is 13.1 Å². The number of rotatable bonds is 9. The molecule has 0 aliphatic heterocycles. The van der Waals surface area contributed by atoms with E-state index < -0.39 is 0 Å². The normalized spacial score (nSPS) is 11.7. The zero-order chi connectivity index (χ0) is 18.9. The van der Waals surface area contributed by atoms with E-state index in [1.165, 1.54) is 22.3 Å². The predicted octanol–water partition coefficient (Wildman–Crippen LogP) is 6.87. The van der Waals surface area contributed by atoms with Crippen molar-refractivity contribution in [1.29, 1.82) is 0 Å². The van der Waals surface area contributed by atoms with E-state index in [-0.39, 0.29) is 0 Å². The minimum atomic E-state index is 0.665. The molecule has 1 heterocycles. The van der Waals surface area contributed by atoms with Crippen LogP contribution in [0.2, 0.25) is 0 Å². The molecule has 0 unspecified atom stereocenters. The highest BCUT2D eigenvalue weighted by atomic mass is 16.5. The first-order chi connectivity index (χ1) is 12.7. The van der Waals surface area contributed by atoms with Crippen LogP contribution in [0.3, 0.4) is 0 Å². The maximum atomic E-state index is 6.04. The number of pyridine rings is 1. The van der Waals surface area contributed by atoms with Gasteiger partial charge in [0.05, 0.1) is 12.3 Å². The number of nitrogens with zero attached hydrogens (tertiary/aromatic N) is 1. The van der Waals surface area contributed by atoms with E-state index >= 15 is 0 Å². The van der Waals surface area contributed by atoms with Crippen molar-refractivity contribution in [3.8, 4) is 17.0 Å². The second-order valence-corrected chi connectivity index (χ2v) is 6.54. The van der Waals surface area contributed by atoms with E-state index in [9.17, 15) is 0 Å². The molecule has 0 spiro atoms. The molecule has 0 aliphatic carbocycles. The average molecular weight is 352 g/mol. The van der Waals surface area contributed by atoms with Crippen LogP contribution in [0.25, 0.3) is 16.8 Å². The van der Waals surface area contributed by atoms with Gasteiger partial charge in [-0.1, -0.05) is 58.4 Å². The van der Waals surface area contributed by atoms with Crippen LogP contribution < -0.4 is 4.74 Å². The Morgan fingerprint density at radius 2 is 1.73 bits per heavy atom. The molecule has 140 valence electrons. The Morgan fingerprint density at radius 1 is 1.04 bits per heavy atom. The summed E-state index contributed by atoms with van der Waals surface area (Å²) in [5.74, 6) is 0.957. The summed E-state index contributed by atoms with van der Waals surface area (Å²) in [4.78, 5) is 4.87. The van der Waals surface area contributed by atoms with Crippen LogP contribution in [-0.2, 0) is 12.8 Å². The van der Waals surface area contributed by atoms with Crippen LogP contribution in [0, 0.1) is 0 Å². The van der Waals surface area contributed by atoms with Crippen molar-refractivity contribution in [2.24, 2.45) is 0 Å². The summed E-state index contributed by atoms with van der Waals surface area (Å²) < 4.78 is 6.04. The van der Waals surface area contributed by atoms with Gasteiger partial charge >= 0.3 is 0 Å². The molecule has 0 saturated heterocycles. The molecule has 0 fully saturated rings. The Labute approximate surface area is 159 Å². The van der Waals surface area contributed by atoms with Crippen LogP contribution >= 0.6 is 0 Å². The maximum Gasteiger partial charge on any atom is 0.130 e. The van der Waals surface area contributed by atoms with E-state index in [4.69, 9.17) is 9.72 Å². The summed E-state index contributed by atoms with van der Waals surface area (Å²) in [7, 11) is 0. The van der Waals surface area contributed by atoms with E-state index in [2.05, 4.69) is 58.0 Å². The predicted molar refractivity (Wildman–Crippen MR) is 113 cm³/mol. The van der Waals surface area contributed by atoms with Gasteiger partial charge in [0.15, 0.2) is 0 Å². The number of benzene rings is 1. The third-order valence-corrected chi connectivity index (χ3v) is 4.74. The molecule has 2 nitrogen and oxygen atoms in total. The molecule has 1 aromatic heterocycles. The number of aryl methyl sites for hydroxylation is 2. The summed E-state index contributed by atoms with van der Waals surface area (Å²) in [6.07, 6.45) is 9.55. The van der Waals surface area contributed by atoms with Gasteiger partial charge in [0.2, 0.25) is 0 Å². The van der Waals surface area contributed by atoms with Crippen molar-refractivity contribution in [3.63, 3.8) is 0 Å². The minimum absolute atomic E-state index is 0.665. The van der Waals surface area contributed by atoms with E-state index in [0.29, 0.717) is 6.61 Å². The molecule has 0 amide bonds.